The van der Waals surface area contributed by atoms with Gasteiger partial charge in [0.1, 0.15) is 10.5 Å². The minimum absolute atomic E-state index is 0.596. The molecule has 0 radical (unpaired) electrons. The Labute approximate surface area is 80.6 Å². The number of aromatic amines is 1. The Hall–Kier alpha value is -1.42. The molecule has 1 aromatic carbocycles. The molecule has 1 aromatic heterocycles. The van der Waals surface area contributed by atoms with Crippen LogP contribution >= 0.6 is 12.2 Å². The van der Waals surface area contributed by atoms with E-state index in [-0.39, 0.29) is 0 Å². The van der Waals surface area contributed by atoms with E-state index >= 15 is 0 Å². The van der Waals surface area contributed by atoms with Crippen LogP contribution in [0, 0.1) is 11.6 Å². The fraction of sp³-hybridized carbons (Fsp3) is 0.111. The molecule has 0 saturated heterocycles. The first-order valence-corrected chi connectivity index (χ1v) is 4.34. The van der Waals surface area contributed by atoms with Crippen molar-refractivity contribution in [2.75, 3.05) is 5.73 Å². The zero-order valence-electron chi connectivity index (χ0n) is 7.16. The number of fused-ring (bicyclic) bond motifs is 1. The maximum Gasteiger partial charge on any atom is 0.137 e. The highest BCUT2D eigenvalue weighted by molar-refractivity contribution is 7.71. The van der Waals surface area contributed by atoms with Crippen molar-refractivity contribution in [2.45, 2.75) is 6.92 Å². The molecule has 0 aliphatic carbocycles. The predicted octanol–water partition coefficient (Wildman–Crippen LogP) is 2.18. The third kappa shape index (κ3) is 1.40. The molecule has 2 aromatic rings. The molecule has 0 atom stereocenters. The number of H-pyrrole nitrogens is 1. The summed E-state index contributed by atoms with van der Waals surface area (Å²) in [5, 5.41) is 0.903. The van der Waals surface area contributed by atoms with Crippen LogP contribution in [0.5, 0.6) is 0 Å². The Bertz CT molecular complexity index is 516. The topological polar surface area (TPSA) is 54.7 Å². The van der Waals surface area contributed by atoms with Gasteiger partial charge in [0, 0.05) is 16.6 Å². The Morgan fingerprint density at radius 3 is 3.00 bits per heavy atom. The molecule has 0 amide bonds. The predicted molar refractivity (Wildman–Crippen MR) is 56.1 cm³/mol. The van der Waals surface area contributed by atoms with Crippen molar-refractivity contribution < 1.29 is 0 Å². The normalized spacial score (nSPS) is 10.5. The van der Waals surface area contributed by atoms with Crippen molar-refractivity contribution in [1.29, 1.82) is 0 Å². The van der Waals surface area contributed by atoms with E-state index in [0.29, 0.717) is 10.3 Å². The lowest BCUT2D eigenvalue weighted by atomic mass is 10.2. The van der Waals surface area contributed by atoms with Gasteiger partial charge in [0.05, 0.1) is 0 Å². The van der Waals surface area contributed by atoms with Gasteiger partial charge in [-0.1, -0.05) is 12.2 Å². The minimum Gasteiger partial charge on any atom is -0.399 e. The van der Waals surface area contributed by atoms with E-state index in [4.69, 9.17) is 18.0 Å². The number of aromatic nitrogens is 2. The van der Waals surface area contributed by atoms with E-state index in [2.05, 4.69) is 9.97 Å². The van der Waals surface area contributed by atoms with Gasteiger partial charge < -0.3 is 10.7 Å². The smallest absolute Gasteiger partial charge is 0.137 e. The fourth-order valence-corrected chi connectivity index (χ4v) is 1.59. The Balaban J connectivity index is 2.95. The van der Waals surface area contributed by atoms with E-state index in [1.807, 2.05) is 25.1 Å². The summed E-state index contributed by atoms with van der Waals surface area (Å²) in [4.78, 5) is 7.27. The monoisotopic (exact) mass is 191 g/mol. The second-order valence-electron chi connectivity index (χ2n) is 2.93. The highest BCUT2D eigenvalue weighted by Crippen LogP contribution is 2.15. The van der Waals surface area contributed by atoms with E-state index in [1.165, 1.54) is 0 Å². The van der Waals surface area contributed by atoms with Crippen molar-refractivity contribution in [3.8, 4) is 0 Å². The second-order valence-corrected chi connectivity index (χ2v) is 3.32. The molecular weight excluding hydrogens is 182 g/mol. The largest absolute Gasteiger partial charge is 0.399 e. The number of nitrogen functional groups attached to an aromatic ring is 1. The second kappa shape index (κ2) is 2.81. The molecule has 4 heteroatoms. The van der Waals surface area contributed by atoms with Crippen LogP contribution in [0.2, 0.25) is 0 Å². The van der Waals surface area contributed by atoms with E-state index in [0.717, 1.165) is 16.7 Å². The standard InChI is InChI=1S/C9H9N3S/c1-5-11-8-3-2-6(10)4-7(8)9(13)12-5/h2-4H,10H2,1H3,(H,11,12,13). The maximum atomic E-state index is 5.64. The molecule has 0 aliphatic heterocycles. The molecule has 1 heterocycles. The number of nitrogens with two attached hydrogens (primary N) is 1. The number of aryl methyl sites for hydroxylation is 1. The Morgan fingerprint density at radius 2 is 2.23 bits per heavy atom. The van der Waals surface area contributed by atoms with Crippen LogP contribution in [-0.2, 0) is 0 Å². The Morgan fingerprint density at radius 1 is 1.46 bits per heavy atom. The molecule has 2 rings (SSSR count). The van der Waals surface area contributed by atoms with E-state index < -0.39 is 0 Å². The molecule has 0 fully saturated rings. The van der Waals surface area contributed by atoms with Crippen LogP contribution < -0.4 is 5.73 Å². The summed E-state index contributed by atoms with van der Waals surface area (Å²) < 4.78 is 0.596. The van der Waals surface area contributed by atoms with Gasteiger partial charge in [-0.3, -0.25) is 0 Å². The van der Waals surface area contributed by atoms with Crippen molar-refractivity contribution >= 4 is 28.8 Å². The zero-order chi connectivity index (χ0) is 9.42. The van der Waals surface area contributed by atoms with Crippen molar-refractivity contribution in [1.82, 2.24) is 9.97 Å². The number of nitrogens with zero attached hydrogens (tertiary/aromatic N) is 1. The summed E-state index contributed by atoms with van der Waals surface area (Å²) in [7, 11) is 0. The van der Waals surface area contributed by atoms with Crippen molar-refractivity contribution in [2.24, 2.45) is 0 Å². The Kier molecular flexibility index (Phi) is 1.77. The molecule has 0 aliphatic rings. The molecule has 3 N–H and O–H groups in total. The maximum absolute atomic E-state index is 5.64. The number of hydrogen-bond acceptors (Lipinski definition) is 3. The van der Waals surface area contributed by atoms with Gasteiger partial charge in [0.25, 0.3) is 0 Å². The summed E-state index contributed by atoms with van der Waals surface area (Å²) in [5.74, 6) is 0.822. The van der Waals surface area contributed by atoms with Crippen molar-refractivity contribution in [3.05, 3.63) is 28.7 Å². The quantitative estimate of drug-likeness (QED) is 0.495. The zero-order valence-corrected chi connectivity index (χ0v) is 7.98. The summed E-state index contributed by atoms with van der Waals surface area (Å²) in [6.45, 7) is 1.88. The molecule has 0 unspecified atom stereocenters. The van der Waals surface area contributed by atoms with Crippen LogP contribution in [0.15, 0.2) is 18.2 Å². The highest BCUT2D eigenvalue weighted by atomic mass is 32.1. The van der Waals surface area contributed by atoms with Gasteiger partial charge in [-0.15, -0.1) is 0 Å². The van der Waals surface area contributed by atoms with Gasteiger partial charge in [-0.2, -0.15) is 0 Å². The summed E-state index contributed by atoms with van der Waals surface area (Å²) >= 11 is 5.11. The van der Waals surface area contributed by atoms with E-state index in [9.17, 15) is 0 Å². The van der Waals surface area contributed by atoms with Gasteiger partial charge >= 0.3 is 0 Å². The first kappa shape index (κ1) is 8.19. The van der Waals surface area contributed by atoms with Crippen LogP contribution in [0.3, 0.4) is 0 Å². The number of benzene rings is 1. The fourth-order valence-electron chi connectivity index (χ4n) is 1.28. The lowest BCUT2D eigenvalue weighted by Gasteiger charge is -2.00. The lowest BCUT2D eigenvalue weighted by Crippen LogP contribution is -1.91. The molecule has 66 valence electrons. The third-order valence-corrected chi connectivity index (χ3v) is 2.17. The minimum atomic E-state index is 0.596. The number of nitrogens with one attached hydrogen (secondary N) is 1. The molecular formula is C9H9N3S. The molecule has 0 saturated carbocycles. The average Bonchev–Trinajstić information content (AvgIpc) is 2.06. The molecule has 0 bridgehead atoms. The summed E-state index contributed by atoms with van der Waals surface area (Å²) in [6.07, 6.45) is 0. The number of rotatable bonds is 0. The summed E-state index contributed by atoms with van der Waals surface area (Å²) in [5.41, 5.74) is 7.33. The van der Waals surface area contributed by atoms with Crippen LogP contribution in [0.1, 0.15) is 5.82 Å². The first-order chi connectivity index (χ1) is 6.16. The average molecular weight is 191 g/mol. The highest BCUT2D eigenvalue weighted by Gasteiger charge is 1.97. The molecule has 3 nitrogen and oxygen atoms in total. The van der Waals surface area contributed by atoms with Gasteiger partial charge in [0.2, 0.25) is 0 Å². The number of anilines is 1. The van der Waals surface area contributed by atoms with Crippen LogP contribution in [0.4, 0.5) is 5.69 Å². The third-order valence-electron chi connectivity index (χ3n) is 1.86. The van der Waals surface area contributed by atoms with Crippen LogP contribution in [-0.4, -0.2) is 9.97 Å². The summed E-state index contributed by atoms with van der Waals surface area (Å²) in [6, 6.07) is 5.59. The molecule has 13 heavy (non-hydrogen) atoms. The van der Waals surface area contributed by atoms with Gasteiger partial charge in [0.15, 0.2) is 0 Å². The number of hydrogen-bond donors (Lipinski definition) is 2. The van der Waals surface area contributed by atoms with E-state index in [1.54, 1.807) is 0 Å². The molecule has 0 spiro atoms. The van der Waals surface area contributed by atoms with Gasteiger partial charge in [-0.25, -0.2) is 4.98 Å². The lowest BCUT2D eigenvalue weighted by molar-refractivity contribution is 1.08. The first-order valence-electron chi connectivity index (χ1n) is 3.93. The van der Waals surface area contributed by atoms with Crippen molar-refractivity contribution in [3.63, 3.8) is 0 Å². The SMILES string of the molecule is Cc1nc(=S)c2cc(N)ccc2[nH]1. The van der Waals surface area contributed by atoms with Crippen LogP contribution in [0.25, 0.3) is 10.9 Å². The van der Waals surface area contributed by atoms with Gasteiger partial charge in [-0.05, 0) is 25.1 Å².